The summed E-state index contributed by atoms with van der Waals surface area (Å²) in [5, 5.41) is 0.520. The summed E-state index contributed by atoms with van der Waals surface area (Å²) in [6, 6.07) is 12.4. The molecule has 3 aromatic rings. The Bertz CT molecular complexity index is 1000. The lowest BCUT2D eigenvalue weighted by Gasteiger charge is -2.11. The second-order valence-electron chi connectivity index (χ2n) is 5.53. The number of pyridine rings is 2. The summed E-state index contributed by atoms with van der Waals surface area (Å²) in [6.45, 7) is 1.92. The molecule has 1 aromatic carbocycles. The van der Waals surface area contributed by atoms with Crippen LogP contribution in [0.5, 0.6) is 0 Å². The third-order valence-electron chi connectivity index (χ3n) is 3.62. The Morgan fingerprint density at radius 1 is 0.958 bits per heavy atom. The maximum atomic E-state index is 11.6. The second-order valence-corrected chi connectivity index (χ2v) is 7.98. The highest BCUT2D eigenvalue weighted by Crippen LogP contribution is 2.32. The largest absolute Gasteiger partial charge is 0.262 e. The summed E-state index contributed by atoms with van der Waals surface area (Å²) < 4.78 is 23.2. The number of hydrogen-bond acceptors (Lipinski definition) is 4. The first-order chi connectivity index (χ1) is 11.3. The van der Waals surface area contributed by atoms with Crippen molar-refractivity contribution in [2.24, 2.45) is 0 Å². The van der Waals surface area contributed by atoms with Crippen LogP contribution in [0.3, 0.4) is 0 Å². The number of halogens is 1. The maximum Gasteiger partial charge on any atom is 0.175 e. The average molecular weight is 359 g/mol. The molecule has 0 bridgehead atoms. The molecule has 3 rings (SSSR count). The molecule has 0 aliphatic carbocycles. The minimum absolute atomic E-state index is 0.280. The smallest absolute Gasteiger partial charge is 0.175 e. The number of aryl methyl sites for hydroxylation is 1. The van der Waals surface area contributed by atoms with Crippen LogP contribution in [0.2, 0.25) is 5.02 Å². The minimum Gasteiger partial charge on any atom is -0.262 e. The third kappa shape index (κ3) is 3.47. The number of sulfone groups is 1. The van der Waals surface area contributed by atoms with Crippen LogP contribution in [0.15, 0.2) is 59.8 Å². The van der Waals surface area contributed by atoms with Gasteiger partial charge < -0.3 is 0 Å². The minimum atomic E-state index is -3.23. The molecule has 4 nitrogen and oxygen atoms in total. The first-order valence-corrected chi connectivity index (χ1v) is 9.50. The molecule has 0 fully saturated rings. The number of nitrogens with zero attached hydrogens (tertiary/aromatic N) is 2. The SMILES string of the molecule is Cc1cc(-c2ncc(Cl)cc2-c2ccc(S(C)(=O)=O)cc2)ccn1. The molecule has 0 N–H and O–H groups in total. The molecule has 24 heavy (non-hydrogen) atoms. The molecule has 0 radical (unpaired) electrons. The highest BCUT2D eigenvalue weighted by molar-refractivity contribution is 7.90. The van der Waals surface area contributed by atoms with Crippen molar-refractivity contribution < 1.29 is 8.42 Å². The van der Waals surface area contributed by atoms with Crippen LogP contribution in [-0.4, -0.2) is 24.6 Å². The van der Waals surface area contributed by atoms with E-state index >= 15 is 0 Å². The summed E-state index contributed by atoms with van der Waals surface area (Å²) in [5.74, 6) is 0. The van der Waals surface area contributed by atoms with Gasteiger partial charge in [0.15, 0.2) is 9.84 Å². The molecule has 2 heterocycles. The van der Waals surface area contributed by atoms with E-state index in [1.54, 1.807) is 36.7 Å². The van der Waals surface area contributed by atoms with E-state index in [4.69, 9.17) is 11.6 Å². The molecule has 0 atom stereocenters. The molecule has 0 unspecified atom stereocenters. The summed E-state index contributed by atoms with van der Waals surface area (Å²) in [5.41, 5.74) is 4.29. The maximum absolute atomic E-state index is 11.6. The van der Waals surface area contributed by atoms with Crippen LogP contribution < -0.4 is 0 Å². The van der Waals surface area contributed by atoms with Crippen LogP contribution in [0.4, 0.5) is 0 Å². The van der Waals surface area contributed by atoms with Crippen LogP contribution in [0.25, 0.3) is 22.4 Å². The van der Waals surface area contributed by atoms with E-state index in [9.17, 15) is 8.42 Å². The molecule has 0 spiro atoms. The fraction of sp³-hybridized carbons (Fsp3) is 0.111. The van der Waals surface area contributed by atoms with Gasteiger partial charge in [-0.3, -0.25) is 9.97 Å². The van der Waals surface area contributed by atoms with Crippen molar-refractivity contribution in [3.05, 3.63) is 65.6 Å². The number of hydrogen-bond donors (Lipinski definition) is 0. The summed E-state index contributed by atoms with van der Waals surface area (Å²) in [4.78, 5) is 8.94. The van der Waals surface area contributed by atoms with E-state index in [-0.39, 0.29) is 4.90 Å². The Kier molecular flexibility index (Phi) is 4.39. The molecular formula is C18H15ClN2O2S. The number of aromatic nitrogens is 2. The topological polar surface area (TPSA) is 59.9 Å². The van der Waals surface area contributed by atoms with Crippen molar-refractivity contribution in [2.75, 3.05) is 6.26 Å². The van der Waals surface area contributed by atoms with Crippen molar-refractivity contribution in [1.29, 1.82) is 0 Å². The highest BCUT2D eigenvalue weighted by atomic mass is 35.5. The number of benzene rings is 1. The predicted molar refractivity (Wildman–Crippen MR) is 95.8 cm³/mol. The first-order valence-electron chi connectivity index (χ1n) is 7.24. The van der Waals surface area contributed by atoms with Gasteiger partial charge in [0.1, 0.15) is 0 Å². The Morgan fingerprint density at radius 2 is 1.67 bits per heavy atom. The molecule has 0 aliphatic rings. The fourth-order valence-corrected chi connectivity index (χ4v) is 3.25. The van der Waals surface area contributed by atoms with Gasteiger partial charge in [0, 0.05) is 35.5 Å². The van der Waals surface area contributed by atoms with Gasteiger partial charge in [-0.25, -0.2) is 8.42 Å². The molecule has 122 valence electrons. The Morgan fingerprint density at radius 3 is 2.29 bits per heavy atom. The Labute approximate surface area is 146 Å². The van der Waals surface area contributed by atoms with Gasteiger partial charge >= 0.3 is 0 Å². The van der Waals surface area contributed by atoms with E-state index in [0.717, 1.165) is 28.1 Å². The van der Waals surface area contributed by atoms with Crippen molar-refractivity contribution in [3.63, 3.8) is 0 Å². The monoisotopic (exact) mass is 358 g/mol. The fourth-order valence-electron chi connectivity index (χ4n) is 2.46. The first kappa shape index (κ1) is 16.6. The van der Waals surface area contributed by atoms with Gasteiger partial charge in [-0.1, -0.05) is 23.7 Å². The lowest BCUT2D eigenvalue weighted by Crippen LogP contribution is -1.97. The van der Waals surface area contributed by atoms with Crippen molar-refractivity contribution in [2.45, 2.75) is 11.8 Å². The molecule has 2 aromatic heterocycles. The summed E-state index contributed by atoms with van der Waals surface area (Å²) in [6.07, 6.45) is 4.52. The predicted octanol–water partition coefficient (Wildman–Crippen LogP) is 4.18. The van der Waals surface area contributed by atoms with E-state index in [1.165, 1.54) is 6.26 Å². The molecular weight excluding hydrogens is 344 g/mol. The summed E-state index contributed by atoms with van der Waals surface area (Å²) in [7, 11) is -3.23. The van der Waals surface area contributed by atoms with Gasteiger partial charge in [-0.2, -0.15) is 0 Å². The third-order valence-corrected chi connectivity index (χ3v) is 4.95. The van der Waals surface area contributed by atoms with Crippen LogP contribution in [-0.2, 0) is 9.84 Å². The van der Waals surface area contributed by atoms with Gasteiger partial charge in [-0.05, 0) is 42.8 Å². The molecule has 0 amide bonds. The van der Waals surface area contributed by atoms with Crippen molar-refractivity contribution in [3.8, 4) is 22.4 Å². The van der Waals surface area contributed by atoms with E-state index in [0.29, 0.717) is 5.02 Å². The average Bonchev–Trinajstić information content (AvgIpc) is 2.54. The molecule has 0 saturated carbocycles. The van der Waals surface area contributed by atoms with Crippen LogP contribution >= 0.6 is 11.6 Å². The van der Waals surface area contributed by atoms with Gasteiger partial charge in [0.25, 0.3) is 0 Å². The molecule has 6 heteroatoms. The van der Waals surface area contributed by atoms with Gasteiger partial charge in [-0.15, -0.1) is 0 Å². The van der Waals surface area contributed by atoms with Gasteiger partial charge in [0.05, 0.1) is 15.6 Å². The zero-order valence-corrected chi connectivity index (χ0v) is 14.8. The number of rotatable bonds is 3. The lowest BCUT2D eigenvalue weighted by atomic mass is 10.00. The van der Waals surface area contributed by atoms with Crippen LogP contribution in [0, 0.1) is 6.92 Å². The van der Waals surface area contributed by atoms with Crippen molar-refractivity contribution in [1.82, 2.24) is 9.97 Å². The van der Waals surface area contributed by atoms with E-state index in [1.807, 2.05) is 25.1 Å². The quantitative estimate of drug-likeness (QED) is 0.704. The highest BCUT2D eigenvalue weighted by Gasteiger charge is 2.12. The lowest BCUT2D eigenvalue weighted by molar-refractivity contribution is 0.602. The molecule has 0 aliphatic heterocycles. The standard InChI is InChI=1S/C18H15ClN2O2S/c1-12-9-14(7-8-20-12)18-17(10-15(19)11-21-18)13-3-5-16(6-4-13)24(2,22)23/h3-11H,1-2H3. The Balaban J connectivity index is 2.16. The van der Waals surface area contributed by atoms with E-state index < -0.39 is 9.84 Å². The Hall–Kier alpha value is -2.24. The van der Waals surface area contributed by atoms with E-state index in [2.05, 4.69) is 9.97 Å². The zero-order chi connectivity index (χ0) is 17.3. The van der Waals surface area contributed by atoms with Crippen molar-refractivity contribution >= 4 is 21.4 Å². The molecule has 0 saturated heterocycles. The second kappa shape index (κ2) is 6.34. The van der Waals surface area contributed by atoms with Gasteiger partial charge in [0.2, 0.25) is 0 Å². The normalized spacial score (nSPS) is 11.5. The summed E-state index contributed by atoms with van der Waals surface area (Å²) >= 11 is 6.12. The zero-order valence-electron chi connectivity index (χ0n) is 13.2. The van der Waals surface area contributed by atoms with Crippen LogP contribution in [0.1, 0.15) is 5.69 Å².